The van der Waals surface area contributed by atoms with Gasteiger partial charge in [0, 0.05) is 15.6 Å². The van der Waals surface area contributed by atoms with Gasteiger partial charge in [-0.1, -0.05) is 45.7 Å². The number of benzene rings is 2. The predicted molar refractivity (Wildman–Crippen MR) is 89.7 cm³/mol. The van der Waals surface area contributed by atoms with Crippen LogP contribution in [0.4, 0.5) is 0 Å². The molecule has 0 aliphatic rings. The van der Waals surface area contributed by atoms with Crippen molar-refractivity contribution < 1.29 is 9.53 Å². The molecule has 0 radical (unpaired) electrons. The molecule has 2 rings (SSSR count). The Bertz CT molecular complexity index is 685. The zero-order valence-electron chi connectivity index (χ0n) is 11.7. The Morgan fingerprint density at radius 1 is 1.19 bits per heavy atom. The molecule has 0 fully saturated rings. The number of rotatable bonds is 3. The molecule has 0 saturated carbocycles. The smallest absolute Gasteiger partial charge is 0.336 e. The molecule has 108 valence electrons. The summed E-state index contributed by atoms with van der Waals surface area (Å²) in [6.07, 6.45) is 3.02. The molecule has 0 aliphatic carbocycles. The van der Waals surface area contributed by atoms with Gasteiger partial charge in [-0.2, -0.15) is 0 Å². The summed E-state index contributed by atoms with van der Waals surface area (Å²) in [7, 11) is 0. The number of aryl methyl sites for hydroxylation is 2. The molecule has 0 bridgehead atoms. The lowest BCUT2D eigenvalue weighted by molar-refractivity contribution is -0.129. The first-order chi connectivity index (χ1) is 9.97. The van der Waals surface area contributed by atoms with Gasteiger partial charge >= 0.3 is 5.97 Å². The highest BCUT2D eigenvalue weighted by Crippen LogP contribution is 2.27. The Morgan fingerprint density at radius 3 is 2.43 bits per heavy atom. The molecular weight excluding hydrogens is 352 g/mol. The van der Waals surface area contributed by atoms with Crippen molar-refractivity contribution in [3.8, 4) is 5.75 Å². The number of halogens is 2. The van der Waals surface area contributed by atoms with E-state index in [1.807, 2.05) is 44.2 Å². The molecule has 0 saturated heterocycles. The Labute approximate surface area is 137 Å². The molecule has 0 amide bonds. The van der Waals surface area contributed by atoms with Crippen molar-refractivity contribution in [3.05, 3.63) is 68.7 Å². The minimum atomic E-state index is -0.427. The second-order valence-electron chi connectivity index (χ2n) is 4.64. The van der Waals surface area contributed by atoms with Gasteiger partial charge in [0.2, 0.25) is 0 Å². The Balaban J connectivity index is 2.15. The van der Waals surface area contributed by atoms with E-state index in [0.29, 0.717) is 10.8 Å². The van der Waals surface area contributed by atoms with E-state index in [-0.39, 0.29) is 0 Å². The largest absolute Gasteiger partial charge is 0.423 e. The molecule has 2 nitrogen and oxygen atoms in total. The third-order valence-electron chi connectivity index (χ3n) is 2.93. The van der Waals surface area contributed by atoms with Crippen LogP contribution in [0, 0.1) is 13.8 Å². The molecule has 21 heavy (non-hydrogen) atoms. The summed E-state index contributed by atoms with van der Waals surface area (Å²) in [6.45, 7) is 3.80. The lowest BCUT2D eigenvalue weighted by Crippen LogP contribution is -2.06. The average molecular weight is 366 g/mol. The molecular formula is C17H14BrClO2. The zero-order valence-corrected chi connectivity index (χ0v) is 14.0. The summed E-state index contributed by atoms with van der Waals surface area (Å²) in [5.41, 5.74) is 2.59. The third-order valence-corrected chi connectivity index (χ3v) is 3.73. The highest BCUT2D eigenvalue weighted by Gasteiger charge is 2.09. The van der Waals surface area contributed by atoms with Gasteiger partial charge in [0.1, 0.15) is 5.75 Å². The Kier molecular flexibility index (Phi) is 5.21. The van der Waals surface area contributed by atoms with E-state index in [4.69, 9.17) is 16.3 Å². The van der Waals surface area contributed by atoms with Crippen molar-refractivity contribution in [2.75, 3.05) is 0 Å². The number of carbonyl (C=O) groups is 1. The highest BCUT2D eigenvalue weighted by molar-refractivity contribution is 9.10. The minimum absolute atomic E-state index is 0.427. The maximum absolute atomic E-state index is 11.9. The average Bonchev–Trinajstić information content (AvgIpc) is 2.42. The molecule has 2 aromatic carbocycles. The monoisotopic (exact) mass is 364 g/mol. The number of hydrogen-bond acceptors (Lipinski definition) is 2. The number of carbonyl (C=O) groups excluding carboxylic acids is 1. The third kappa shape index (κ3) is 4.19. The maximum atomic E-state index is 11.9. The fraction of sp³-hybridized carbons (Fsp3) is 0.118. The summed E-state index contributed by atoms with van der Waals surface area (Å²) in [5.74, 6) is 0.162. The zero-order chi connectivity index (χ0) is 15.4. The fourth-order valence-electron chi connectivity index (χ4n) is 1.96. The molecule has 4 heteroatoms. The number of esters is 1. The first kappa shape index (κ1) is 15.8. The van der Waals surface area contributed by atoms with E-state index < -0.39 is 5.97 Å². The van der Waals surface area contributed by atoms with Crippen molar-refractivity contribution in [1.82, 2.24) is 0 Å². The minimum Gasteiger partial charge on any atom is -0.423 e. The van der Waals surface area contributed by atoms with Crippen LogP contribution in [-0.4, -0.2) is 5.97 Å². The van der Waals surface area contributed by atoms with Crippen LogP contribution in [0.25, 0.3) is 6.08 Å². The van der Waals surface area contributed by atoms with Crippen molar-refractivity contribution in [3.63, 3.8) is 0 Å². The van der Waals surface area contributed by atoms with Crippen molar-refractivity contribution >= 4 is 39.6 Å². The summed E-state index contributed by atoms with van der Waals surface area (Å²) < 4.78 is 6.36. The normalized spacial score (nSPS) is 10.9. The van der Waals surface area contributed by atoms with Crippen molar-refractivity contribution in [1.29, 1.82) is 0 Å². The Hall–Kier alpha value is -1.58. The second kappa shape index (κ2) is 6.92. The van der Waals surface area contributed by atoms with E-state index in [0.717, 1.165) is 21.2 Å². The number of ether oxygens (including phenoxy) is 1. The number of hydrogen-bond donors (Lipinski definition) is 0. The molecule has 0 N–H and O–H groups in total. The first-order valence-electron chi connectivity index (χ1n) is 6.38. The van der Waals surface area contributed by atoms with Crippen LogP contribution in [0.2, 0.25) is 5.02 Å². The second-order valence-corrected chi connectivity index (χ2v) is 5.97. The van der Waals surface area contributed by atoms with Gasteiger partial charge < -0.3 is 4.74 Å². The molecule has 0 aromatic heterocycles. The van der Waals surface area contributed by atoms with E-state index in [2.05, 4.69) is 15.9 Å². The van der Waals surface area contributed by atoms with E-state index in [1.54, 1.807) is 12.1 Å². The van der Waals surface area contributed by atoms with Crippen molar-refractivity contribution in [2.24, 2.45) is 0 Å². The van der Waals surface area contributed by atoms with E-state index >= 15 is 0 Å². The van der Waals surface area contributed by atoms with Crippen LogP contribution in [0.1, 0.15) is 16.7 Å². The topological polar surface area (TPSA) is 26.3 Å². The first-order valence-corrected chi connectivity index (χ1v) is 7.55. The summed E-state index contributed by atoms with van der Waals surface area (Å²) >= 11 is 9.44. The molecule has 0 heterocycles. The maximum Gasteiger partial charge on any atom is 0.336 e. The van der Waals surface area contributed by atoms with Gasteiger partial charge in [-0.25, -0.2) is 4.79 Å². The van der Waals surface area contributed by atoms with Gasteiger partial charge in [0.15, 0.2) is 0 Å². The van der Waals surface area contributed by atoms with E-state index in [1.165, 1.54) is 6.08 Å². The summed E-state index contributed by atoms with van der Waals surface area (Å²) in [6, 6.07) is 11.1. The van der Waals surface area contributed by atoms with Gasteiger partial charge in [-0.05, 0) is 54.8 Å². The van der Waals surface area contributed by atoms with Crippen LogP contribution in [0.5, 0.6) is 5.75 Å². The fourth-order valence-corrected chi connectivity index (χ4v) is 2.85. The van der Waals surface area contributed by atoms with Gasteiger partial charge in [0.25, 0.3) is 0 Å². The van der Waals surface area contributed by atoms with E-state index in [9.17, 15) is 4.79 Å². The SMILES string of the molecule is Cc1cc(Br)cc(C)c1OC(=O)/C=C/c1ccccc1Cl. The van der Waals surface area contributed by atoms with Crippen LogP contribution >= 0.6 is 27.5 Å². The van der Waals surface area contributed by atoms with Crippen molar-refractivity contribution in [2.45, 2.75) is 13.8 Å². The van der Waals surface area contributed by atoms with Crippen LogP contribution < -0.4 is 4.74 Å². The molecule has 0 atom stereocenters. The highest BCUT2D eigenvalue weighted by atomic mass is 79.9. The lowest BCUT2D eigenvalue weighted by atomic mass is 10.1. The summed E-state index contributed by atoms with van der Waals surface area (Å²) in [4.78, 5) is 11.9. The van der Waals surface area contributed by atoms with Gasteiger partial charge in [0.05, 0.1) is 0 Å². The quantitative estimate of drug-likeness (QED) is 0.417. The molecule has 0 spiro atoms. The van der Waals surface area contributed by atoms with Crippen LogP contribution in [-0.2, 0) is 4.79 Å². The van der Waals surface area contributed by atoms with Gasteiger partial charge in [-0.3, -0.25) is 0 Å². The molecule has 0 unspecified atom stereocenters. The van der Waals surface area contributed by atoms with Crippen LogP contribution in [0.3, 0.4) is 0 Å². The van der Waals surface area contributed by atoms with Crippen LogP contribution in [0.15, 0.2) is 46.9 Å². The molecule has 0 aliphatic heterocycles. The summed E-state index contributed by atoms with van der Waals surface area (Å²) in [5, 5.41) is 0.595. The predicted octanol–water partition coefficient (Wildman–Crippen LogP) is 5.34. The lowest BCUT2D eigenvalue weighted by Gasteiger charge is -2.09. The Morgan fingerprint density at radius 2 is 1.81 bits per heavy atom. The van der Waals surface area contributed by atoms with Gasteiger partial charge in [-0.15, -0.1) is 0 Å². The molecule has 2 aromatic rings. The standard InChI is InChI=1S/C17H14BrClO2/c1-11-9-14(18)10-12(2)17(11)21-16(20)8-7-13-5-3-4-6-15(13)19/h3-10H,1-2H3/b8-7+.